The first-order chi connectivity index (χ1) is 21.8. The van der Waals surface area contributed by atoms with Crippen molar-refractivity contribution in [2.24, 2.45) is 5.92 Å². The summed E-state index contributed by atoms with van der Waals surface area (Å²) in [6.07, 6.45) is 5.69. The lowest BCUT2D eigenvalue weighted by atomic mass is 9.98. The Balaban J connectivity index is 1.37. The number of aliphatic carboxylic acids is 1. The molecule has 1 aliphatic carbocycles. The Labute approximate surface area is 268 Å². The molecule has 13 heteroatoms. The average molecular weight is 640 g/mol. The zero-order valence-corrected chi connectivity index (χ0v) is 26.8. The highest BCUT2D eigenvalue weighted by molar-refractivity contribution is 5.96. The minimum Gasteiger partial charge on any atom is -0.479 e. The van der Waals surface area contributed by atoms with Crippen LogP contribution in [0.3, 0.4) is 0 Å². The summed E-state index contributed by atoms with van der Waals surface area (Å²) in [4.78, 5) is 69.2. The first kappa shape index (κ1) is 33.1. The lowest BCUT2D eigenvalue weighted by molar-refractivity contribution is -0.145. The number of allylic oxidation sites excluding steroid dienone is 1. The van der Waals surface area contributed by atoms with Gasteiger partial charge in [0.2, 0.25) is 11.8 Å². The Kier molecular flexibility index (Phi) is 9.50. The Morgan fingerprint density at radius 3 is 2.67 bits per heavy atom. The number of rotatable bonds is 3. The van der Waals surface area contributed by atoms with E-state index in [9.17, 15) is 29.1 Å². The highest BCUT2D eigenvalue weighted by Gasteiger charge is 2.61. The summed E-state index contributed by atoms with van der Waals surface area (Å²) < 4.78 is 11.3. The number of carboxylic acid groups (broad SMARTS) is 1. The van der Waals surface area contributed by atoms with Crippen molar-refractivity contribution in [1.29, 1.82) is 0 Å². The zero-order chi connectivity index (χ0) is 33.2. The van der Waals surface area contributed by atoms with Gasteiger partial charge in [0.15, 0.2) is 0 Å². The van der Waals surface area contributed by atoms with Crippen molar-refractivity contribution in [3.8, 4) is 0 Å². The number of benzene rings is 1. The van der Waals surface area contributed by atoms with Gasteiger partial charge in [0.05, 0.1) is 6.54 Å². The van der Waals surface area contributed by atoms with Crippen molar-refractivity contribution in [3.63, 3.8) is 0 Å². The molecule has 0 aromatic heterocycles. The summed E-state index contributed by atoms with van der Waals surface area (Å²) >= 11 is 0. The summed E-state index contributed by atoms with van der Waals surface area (Å²) in [5.74, 6) is -2.67. The van der Waals surface area contributed by atoms with Crippen molar-refractivity contribution in [2.75, 3.05) is 18.8 Å². The number of nitrogen functional groups attached to an aromatic ring is 1. The second kappa shape index (κ2) is 13.2. The minimum absolute atomic E-state index is 0.0178. The number of nitrogens with two attached hydrogens (primary N) is 1. The van der Waals surface area contributed by atoms with E-state index in [0.29, 0.717) is 38.0 Å². The topological polar surface area (TPSA) is 181 Å². The first-order valence-corrected chi connectivity index (χ1v) is 16.1. The number of carbonyl (C=O) groups is 5. The summed E-state index contributed by atoms with van der Waals surface area (Å²) in [5, 5.41) is 15.5. The van der Waals surface area contributed by atoms with Crippen molar-refractivity contribution in [3.05, 3.63) is 41.5 Å². The van der Waals surface area contributed by atoms with Gasteiger partial charge in [-0.15, -0.1) is 0 Å². The summed E-state index contributed by atoms with van der Waals surface area (Å²) in [6, 6.07) is 3.47. The maximum absolute atomic E-state index is 14.1. The standard InChI is InChI=1S/C33H45N5O8/c1-32(2,3)46-30(43)35-25-13-8-6-4-5-7-11-21-17-33(21,29(41)42)36-27(39)26-16-22(19-38(26)28(25)40)45-31(44)37-15-14-23-20(18-37)10-9-12-24(23)34/h7,9-12,21-22,25-26H,4-6,8,13-19,34H2,1-3H3,(H,35,43)(H,36,39)(H,41,42)/t21-,22-,25+,26+,33-/m1/s1. The molecule has 3 aliphatic heterocycles. The quantitative estimate of drug-likeness (QED) is 0.285. The second-order valence-electron chi connectivity index (χ2n) is 13.7. The average Bonchev–Trinajstić information content (AvgIpc) is 3.52. The van der Waals surface area contributed by atoms with Gasteiger partial charge in [0, 0.05) is 31.1 Å². The maximum atomic E-state index is 14.1. The van der Waals surface area contributed by atoms with E-state index in [0.717, 1.165) is 30.4 Å². The lowest BCUT2D eigenvalue weighted by Gasteiger charge is -2.30. The highest BCUT2D eigenvalue weighted by Crippen LogP contribution is 2.45. The van der Waals surface area contributed by atoms with Gasteiger partial charge in [-0.2, -0.15) is 0 Å². The van der Waals surface area contributed by atoms with Crippen molar-refractivity contribution >= 4 is 35.7 Å². The van der Waals surface area contributed by atoms with Gasteiger partial charge in [-0.05, 0) is 70.1 Å². The molecule has 5 atom stereocenters. The van der Waals surface area contributed by atoms with Crippen LogP contribution in [0.15, 0.2) is 30.4 Å². The normalized spacial score (nSPS) is 28.4. The molecule has 3 heterocycles. The van der Waals surface area contributed by atoms with Crippen LogP contribution in [0, 0.1) is 5.92 Å². The van der Waals surface area contributed by atoms with Crippen molar-refractivity contribution in [1.82, 2.24) is 20.4 Å². The number of alkyl carbamates (subject to hydrolysis) is 1. The predicted octanol–water partition coefficient (Wildman–Crippen LogP) is 3.11. The van der Waals surface area contributed by atoms with Gasteiger partial charge in [-0.1, -0.05) is 37.1 Å². The van der Waals surface area contributed by atoms with E-state index in [1.807, 2.05) is 30.4 Å². The molecule has 5 N–H and O–H groups in total. The SMILES string of the molecule is CC(C)(C)OC(=O)N[C@H]1CCCCCC=C[C@@H]2C[C@@]2(C(=O)O)NC(=O)[C@@H]2C[C@@H](OC(=O)N3CCc4c(N)cccc4C3)CN2C1=O. The monoisotopic (exact) mass is 639 g/mol. The Morgan fingerprint density at radius 1 is 1.15 bits per heavy atom. The van der Waals surface area contributed by atoms with Gasteiger partial charge in [0.25, 0.3) is 0 Å². The van der Waals surface area contributed by atoms with Gasteiger partial charge in [-0.3, -0.25) is 9.59 Å². The molecule has 1 aromatic rings. The van der Waals surface area contributed by atoms with Crippen LogP contribution >= 0.6 is 0 Å². The molecule has 46 heavy (non-hydrogen) atoms. The number of ether oxygens (including phenoxy) is 2. The van der Waals surface area contributed by atoms with E-state index >= 15 is 0 Å². The van der Waals surface area contributed by atoms with Crippen LogP contribution in [0.25, 0.3) is 0 Å². The van der Waals surface area contributed by atoms with E-state index in [1.165, 1.54) is 4.90 Å². The predicted molar refractivity (Wildman–Crippen MR) is 167 cm³/mol. The fourth-order valence-electron chi connectivity index (χ4n) is 6.61. The molecule has 2 fully saturated rings. The number of nitrogens with zero attached hydrogens (tertiary/aromatic N) is 2. The van der Waals surface area contributed by atoms with Crippen molar-refractivity contribution in [2.45, 2.75) is 108 Å². The molecule has 4 amide bonds. The molecule has 4 aliphatic rings. The highest BCUT2D eigenvalue weighted by atomic mass is 16.6. The Bertz CT molecular complexity index is 1410. The molecule has 0 spiro atoms. The molecule has 0 radical (unpaired) electrons. The maximum Gasteiger partial charge on any atom is 0.410 e. The third-order valence-electron chi connectivity index (χ3n) is 9.14. The Morgan fingerprint density at radius 2 is 1.93 bits per heavy atom. The molecule has 1 aromatic carbocycles. The number of hydrogen-bond acceptors (Lipinski definition) is 8. The van der Waals surface area contributed by atoms with Gasteiger partial charge < -0.3 is 40.7 Å². The number of anilines is 1. The minimum atomic E-state index is -1.46. The van der Waals surface area contributed by atoms with E-state index in [-0.39, 0.29) is 25.3 Å². The Hall–Kier alpha value is -4.29. The third kappa shape index (κ3) is 7.39. The van der Waals surface area contributed by atoms with Crippen LogP contribution in [0.1, 0.15) is 76.8 Å². The van der Waals surface area contributed by atoms with E-state index in [4.69, 9.17) is 15.2 Å². The number of carboxylic acids is 1. The van der Waals surface area contributed by atoms with Gasteiger partial charge >= 0.3 is 18.2 Å². The lowest BCUT2D eigenvalue weighted by Crippen LogP contribution is -2.56. The fourth-order valence-corrected chi connectivity index (χ4v) is 6.61. The molecule has 5 rings (SSSR count). The van der Waals surface area contributed by atoms with E-state index in [1.54, 1.807) is 25.7 Å². The van der Waals surface area contributed by atoms with Crippen LogP contribution in [-0.4, -0.2) is 87.3 Å². The molecule has 1 saturated heterocycles. The summed E-state index contributed by atoms with van der Waals surface area (Å²) in [6.45, 7) is 5.79. The van der Waals surface area contributed by atoms with Crippen LogP contribution in [0.4, 0.5) is 15.3 Å². The first-order valence-electron chi connectivity index (χ1n) is 16.1. The van der Waals surface area contributed by atoms with Crippen LogP contribution in [0.2, 0.25) is 0 Å². The fraction of sp³-hybridized carbons (Fsp3) is 0.606. The third-order valence-corrected chi connectivity index (χ3v) is 9.14. The number of nitrogens with one attached hydrogen (secondary N) is 2. The smallest absolute Gasteiger partial charge is 0.410 e. The molecular weight excluding hydrogens is 594 g/mol. The van der Waals surface area contributed by atoms with Gasteiger partial charge in [0.1, 0.15) is 29.3 Å². The van der Waals surface area contributed by atoms with Crippen molar-refractivity contribution < 1.29 is 38.6 Å². The van der Waals surface area contributed by atoms with Crippen LogP contribution in [-0.2, 0) is 36.8 Å². The van der Waals surface area contributed by atoms with Crippen LogP contribution < -0.4 is 16.4 Å². The summed E-state index contributed by atoms with van der Waals surface area (Å²) in [7, 11) is 0. The molecule has 0 unspecified atom stereocenters. The van der Waals surface area contributed by atoms with Gasteiger partial charge in [-0.25, -0.2) is 14.4 Å². The number of fused-ring (bicyclic) bond motifs is 3. The zero-order valence-electron chi connectivity index (χ0n) is 26.8. The van der Waals surface area contributed by atoms with E-state index in [2.05, 4.69) is 10.6 Å². The van der Waals surface area contributed by atoms with Crippen LogP contribution in [0.5, 0.6) is 0 Å². The second-order valence-corrected chi connectivity index (χ2v) is 13.7. The molecule has 250 valence electrons. The molecule has 1 saturated carbocycles. The summed E-state index contributed by atoms with van der Waals surface area (Å²) in [5.41, 5.74) is 6.47. The number of hydrogen-bond donors (Lipinski definition) is 4. The number of amides is 4. The van der Waals surface area contributed by atoms with E-state index < -0.39 is 59.3 Å². The number of carbonyl (C=O) groups excluding carboxylic acids is 4. The largest absolute Gasteiger partial charge is 0.479 e. The molecular formula is C33H45N5O8. The molecule has 0 bridgehead atoms. The molecule has 13 nitrogen and oxygen atoms in total.